The molecule has 0 radical (unpaired) electrons. The number of hydrogen-bond donors (Lipinski definition) is 2. The molecule has 3 rings (SSSR count). The highest BCUT2D eigenvalue weighted by atomic mass is 16.3. The van der Waals surface area contributed by atoms with E-state index in [1.54, 1.807) is 18.9 Å². The number of carbonyl (C=O) groups excluding carboxylic acids is 1. The summed E-state index contributed by atoms with van der Waals surface area (Å²) in [6.07, 6.45) is 2.20. The van der Waals surface area contributed by atoms with E-state index in [-0.39, 0.29) is 6.03 Å². The SMILES string of the molecule is CC(O)CCN(C)C(=O)Nc1cccc(-c2nnc3n2CCC3)c1. The average Bonchev–Trinajstić information content (AvgIpc) is 3.15. The van der Waals surface area contributed by atoms with Gasteiger partial charge in [0.2, 0.25) is 0 Å². The Morgan fingerprint density at radius 1 is 1.46 bits per heavy atom. The Morgan fingerprint density at radius 3 is 3.08 bits per heavy atom. The summed E-state index contributed by atoms with van der Waals surface area (Å²) in [5.74, 6) is 1.87. The molecular weight excluding hydrogens is 306 g/mol. The van der Waals surface area contributed by atoms with Gasteiger partial charge in [-0.2, -0.15) is 0 Å². The highest BCUT2D eigenvalue weighted by Crippen LogP contribution is 2.25. The van der Waals surface area contributed by atoms with Crippen molar-refractivity contribution >= 4 is 11.7 Å². The molecule has 24 heavy (non-hydrogen) atoms. The van der Waals surface area contributed by atoms with Crippen molar-refractivity contribution < 1.29 is 9.90 Å². The predicted octanol–water partition coefficient (Wildman–Crippen LogP) is 2.13. The van der Waals surface area contributed by atoms with Crippen molar-refractivity contribution in [2.24, 2.45) is 0 Å². The van der Waals surface area contributed by atoms with E-state index in [0.717, 1.165) is 42.3 Å². The molecule has 0 saturated heterocycles. The second-order valence-corrected chi connectivity index (χ2v) is 6.27. The zero-order valence-electron chi connectivity index (χ0n) is 14.1. The number of amides is 2. The monoisotopic (exact) mass is 329 g/mol. The number of aryl methyl sites for hydroxylation is 1. The first kappa shape index (κ1) is 16.4. The molecular formula is C17H23N5O2. The number of anilines is 1. The van der Waals surface area contributed by atoms with E-state index >= 15 is 0 Å². The maximum absolute atomic E-state index is 12.2. The Kier molecular flexibility index (Phi) is 4.80. The van der Waals surface area contributed by atoms with Crippen molar-refractivity contribution in [3.05, 3.63) is 30.1 Å². The number of hydrogen-bond acceptors (Lipinski definition) is 4. The fourth-order valence-electron chi connectivity index (χ4n) is 2.80. The number of urea groups is 1. The van der Waals surface area contributed by atoms with Gasteiger partial charge in [0.25, 0.3) is 0 Å². The molecule has 0 bridgehead atoms. The molecule has 2 heterocycles. The van der Waals surface area contributed by atoms with Gasteiger partial charge < -0.3 is 19.9 Å². The number of aliphatic hydroxyl groups is 1. The predicted molar refractivity (Wildman–Crippen MR) is 91.7 cm³/mol. The third-order valence-electron chi connectivity index (χ3n) is 4.21. The molecule has 2 amide bonds. The van der Waals surface area contributed by atoms with Gasteiger partial charge in [-0.05, 0) is 31.9 Å². The van der Waals surface area contributed by atoms with Gasteiger partial charge in [0.15, 0.2) is 5.82 Å². The van der Waals surface area contributed by atoms with E-state index in [0.29, 0.717) is 13.0 Å². The lowest BCUT2D eigenvalue weighted by atomic mass is 10.2. The molecule has 1 aliphatic heterocycles. The number of benzene rings is 1. The van der Waals surface area contributed by atoms with Crippen LogP contribution in [0.4, 0.5) is 10.5 Å². The van der Waals surface area contributed by atoms with Gasteiger partial charge in [0.05, 0.1) is 6.10 Å². The lowest BCUT2D eigenvalue weighted by molar-refractivity contribution is 0.167. The van der Waals surface area contributed by atoms with Crippen LogP contribution in [0.5, 0.6) is 0 Å². The van der Waals surface area contributed by atoms with Crippen LogP contribution in [0.2, 0.25) is 0 Å². The van der Waals surface area contributed by atoms with Crippen molar-refractivity contribution in [1.82, 2.24) is 19.7 Å². The second-order valence-electron chi connectivity index (χ2n) is 6.27. The summed E-state index contributed by atoms with van der Waals surface area (Å²) in [7, 11) is 1.72. The molecule has 1 unspecified atom stereocenters. The van der Waals surface area contributed by atoms with Gasteiger partial charge in [-0.1, -0.05) is 12.1 Å². The van der Waals surface area contributed by atoms with Gasteiger partial charge in [-0.3, -0.25) is 0 Å². The summed E-state index contributed by atoms with van der Waals surface area (Å²) in [5.41, 5.74) is 1.66. The fraction of sp³-hybridized carbons (Fsp3) is 0.471. The number of nitrogens with zero attached hydrogens (tertiary/aromatic N) is 4. The molecule has 1 aromatic carbocycles. The van der Waals surface area contributed by atoms with E-state index in [2.05, 4.69) is 20.1 Å². The topological polar surface area (TPSA) is 83.3 Å². The summed E-state index contributed by atoms with van der Waals surface area (Å²) in [6, 6.07) is 7.44. The van der Waals surface area contributed by atoms with Crippen LogP contribution in [0.25, 0.3) is 11.4 Å². The van der Waals surface area contributed by atoms with E-state index in [1.807, 2.05) is 24.3 Å². The van der Waals surface area contributed by atoms with Crippen LogP contribution < -0.4 is 5.32 Å². The van der Waals surface area contributed by atoms with Crippen molar-refractivity contribution in [1.29, 1.82) is 0 Å². The molecule has 0 aliphatic carbocycles. The van der Waals surface area contributed by atoms with Gasteiger partial charge in [0.1, 0.15) is 5.82 Å². The van der Waals surface area contributed by atoms with Crippen molar-refractivity contribution in [3.8, 4) is 11.4 Å². The van der Waals surface area contributed by atoms with Crippen LogP contribution in [0.15, 0.2) is 24.3 Å². The van der Waals surface area contributed by atoms with Crippen molar-refractivity contribution in [2.45, 2.75) is 38.8 Å². The largest absolute Gasteiger partial charge is 0.393 e. The molecule has 2 N–H and O–H groups in total. The Morgan fingerprint density at radius 2 is 2.29 bits per heavy atom. The van der Waals surface area contributed by atoms with Crippen molar-refractivity contribution in [2.75, 3.05) is 18.9 Å². The number of aliphatic hydroxyl groups excluding tert-OH is 1. The number of carbonyl (C=O) groups is 1. The van der Waals surface area contributed by atoms with Crippen LogP contribution in [-0.4, -0.2) is 50.5 Å². The quantitative estimate of drug-likeness (QED) is 0.880. The summed E-state index contributed by atoms with van der Waals surface area (Å²) in [6.45, 7) is 3.16. The maximum atomic E-state index is 12.2. The lowest BCUT2D eigenvalue weighted by Gasteiger charge is -2.19. The van der Waals surface area contributed by atoms with Crippen LogP contribution >= 0.6 is 0 Å². The summed E-state index contributed by atoms with van der Waals surface area (Å²) in [4.78, 5) is 13.8. The zero-order chi connectivity index (χ0) is 17.1. The smallest absolute Gasteiger partial charge is 0.321 e. The normalized spacial score (nSPS) is 14.3. The summed E-state index contributed by atoms with van der Waals surface area (Å²) in [5, 5.41) is 20.7. The van der Waals surface area contributed by atoms with E-state index in [1.165, 1.54) is 0 Å². The van der Waals surface area contributed by atoms with E-state index in [9.17, 15) is 9.90 Å². The van der Waals surface area contributed by atoms with Crippen LogP contribution in [0.1, 0.15) is 25.6 Å². The Hall–Kier alpha value is -2.41. The van der Waals surface area contributed by atoms with Crippen LogP contribution in [0.3, 0.4) is 0 Å². The third-order valence-corrected chi connectivity index (χ3v) is 4.21. The molecule has 0 fully saturated rings. The Labute approximate surface area is 141 Å². The van der Waals surface area contributed by atoms with Crippen LogP contribution in [-0.2, 0) is 13.0 Å². The molecule has 0 spiro atoms. The molecule has 1 atom stereocenters. The average molecular weight is 329 g/mol. The first-order valence-electron chi connectivity index (χ1n) is 8.27. The number of aromatic nitrogens is 3. The van der Waals surface area contributed by atoms with Gasteiger partial charge >= 0.3 is 6.03 Å². The second kappa shape index (κ2) is 7.00. The zero-order valence-corrected chi connectivity index (χ0v) is 14.1. The lowest BCUT2D eigenvalue weighted by Crippen LogP contribution is -2.33. The summed E-state index contributed by atoms with van der Waals surface area (Å²) < 4.78 is 2.13. The molecule has 7 heteroatoms. The van der Waals surface area contributed by atoms with Crippen LogP contribution in [0, 0.1) is 0 Å². The molecule has 1 aromatic heterocycles. The molecule has 128 valence electrons. The third kappa shape index (κ3) is 3.56. The van der Waals surface area contributed by atoms with E-state index < -0.39 is 6.10 Å². The standard InChI is InChI=1S/C17H23N5O2/c1-12(23)8-10-21(2)17(24)18-14-6-3-5-13(11-14)16-20-19-15-7-4-9-22(15)16/h3,5-6,11-12,23H,4,7-10H2,1-2H3,(H,18,24). The highest BCUT2D eigenvalue weighted by Gasteiger charge is 2.18. The molecule has 1 aliphatic rings. The van der Waals surface area contributed by atoms with Gasteiger partial charge in [-0.25, -0.2) is 4.79 Å². The molecule has 7 nitrogen and oxygen atoms in total. The first-order valence-corrected chi connectivity index (χ1v) is 8.27. The van der Waals surface area contributed by atoms with Gasteiger partial charge in [0, 0.05) is 37.8 Å². The van der Waals surface area contributed by atoms with Gasteiger partial charge in [-0.15, -0.1) is 10.2 Å². The van der Waals surface area contributed by atoms with Crippen molar-refractivity contribution in [3.63, 3.8) is 0 Å². The maximum Gasteiger partial charge on any atom is 0.321 e. The highest BCUT2D eigenvalue weighted by molar-refractivity contribution is 5.89. The minimum absolute atomic E-state index is 0.195. The Balaban J connectivity index is 1.70. The minimum Gasteiger partial charge on any atom is -0.393 e. The minimum atomic E-state index is -0.418. The molecule has 2 aromatic rings. The first-order chi connectivity index (χ1) is 11.5. The fourth-order valence-corrected chi connectivity index (χ4v) is 2.80. The Bertz CT molecular complexity index is 726. The summed E-state index contributed by atoms with van der Waals surface area (Å²) >= 11 is 0. The van der Waals surface area contributed by atoms with E-state index in [4.69, 9.17) is 0 Å². The number of rotatable bonds is 5. The number of nitrogens with one attached hydrogen (secondary N) is 1. The molecule has 0 saturated carbocycles. The number of fused-ring (bicyclic) bond motifs is 1.